The molecule has 15 heteroatoms. The van der Waals surface area contributed by atoms with E-state index in [4.69, 9.17) is 25.3 Å². The molecule has 5 aromatic rings. The Morgan fingerprint density at radius 3 is 1.59 bits per heavy atom. The van der Waals surface area contributed by atoms with Gasteiger partial charge >= 0.3 is 21.2 Å². The monoisotopic (exact) mass is 631 g/mol. The van der Waals surface area contributed by atoms with Crippen molar-refractivity contribution >= 4 is 66.3 Å². The summed E-state index contributed by atoms with van der Waals surface area (Å²) in [5.74, 6) is -0.178. The summed E-state index contributed by atoms with van der Waals surface area (Å²) in [7, 11) is -6.22. The van der Waals surface area contributed by atoms with Crippen molar-refractivity contribution in [3.8, 4) is 5.75 Å². The zero-order chi connectivity index (χ0) is 31.9. The quantitative estimate of drug-likeness (QED) is 0.195. The van der Waals surface area contributed by atoms with Gasteiger partial charge < -0.3 is 10.4 Å². The van der Waals surface area contributed by atoms with Gasteiger partial charge in [0.05, 0.1) is 17.1 Å². The van der Waals surface area contributed by atoms with Gasteiger partial charge in [0.1, 0.15) is 5.69 Å². The number of hydrogen-bond donors (Lipinski definition) is 2. The van der Waals surface area contributed by atoms with E-state index in [0.717, 1.165) is 11.1 Å². The van der Waals surface area contributed by atoms with Gasteiger partial charge in [0, 0.05) is 16.6 Å². The van der Waals surface area contributed by atoms with Gasteiger partial charge in [-0.25, -0.2) is 0 Å². The summed E-state index contributed by atoms with van der Waals surface area (Å²) in [5, 5.41) is 31.8. The highest BCUT2D eigenvalue weighted by Gasteiger charge is 2.09. The van der Waals surface area contributed by atoms with Crippen LogP contribution >= 0.6 is 0 Å². The number of anilines is 1. The maximum Gasteiger partial charge on any atom is 0.425 e. The molecule has 0 radical (unpaired) electrons. The lowest BCUT2D eigenvalue weighted by molar-refractivity contribution is 0.102. The fourth-order valence-corrected chi connectivity index (χ4v) is 3.56. The number of azo groups is 2. The van der Waals surface area contributed by atoms with Crippen LogP contribution in [0.2, 0.25) is 0 Å². The number of nitrogens with zero attached hydrogens (tertiary/aromatic N) is 4. The number of phenols is 1. The van der Waals surface area contributed by atoms with Gasteiger partial charge in [-0.05, 0) is 78.2 Å². The summed E-state index contributed by atoms with van der Waals surface area (Å²) in [5.41, 5.74) is 3.64. The molecule has 44 heavy (non-hydrogen) atoms. The molecular weight excluding hydrogens is 610 g/mol. The van der Waals surface area contributed by atoms with Crippen molar-refractivity contribution in [2.45, 2.75) is 0 Å². The molecule has 0 spiro atoms. The SMILES string of the molecule is O=C(Nc1ccc2c(O)c(N=Nc3ccc(N=Nc4ccccc4)cc3)ccc2c1)c1ccccc1.O=S(=O)=O.O=S(=O)=O. The van der Waals surface area contributed by atoms with Crippen LogP contribution in [-0.2, 0) is 21.2 Å². The third kappa shape index (κ3) is 10.8. The van der Waals surface area contributed by atoms with Crippen molar-refractivity contribution in [2.75, 3.05) is 5.32 Å². The number of carbonyl (C=O) groups excluding carboxylic acids is 1. The normalized spacial score (nSPS) is 10.4. The summed E-state index contributed by atoms with van der Waals surface area (Å²) < 4.78 is 50.7. The van der Waals surface area contributed by atoms with Crippen LogP contribution < -0.4 is 5.32 Å². The Morgan fingerprint density at radius 2 is 1.05 bits per heavy atom. The Bertz CT molecular complexity index is 1980. The fraction of sp³-hybridized carbons (Fsp3) is 0. The van der Waals surface area contributed by atoms with Crippen LogP contribution in [0.15, 0.2) is 136 Å². The number of amides is 1. The zero-order valence-corrected chi connectivity index (χ0v) is 24.0. The Labute approximate surface area is 253 Å². The summed E-state index contributed by atoms with van der Waals surface area (Å²) in [6.45, 7) is 0. The van der Waals surface area contributed by atoms with E-state index >= 15 is 0 Å². The van der Waals surface area contributed by atoms with Gasteiger partial charge in [-0.15, -0.1) is 30.4 Å². The van der Waals surface area contributed by atoms with Crippen molar-refractivity contribution in [2.24, 2.45) is 20.5 Å². The Morgan fingerprint density at radius 1 is 0.568 bits per heavy atom. The standard InChI is InChI=1S/C29H21N5O2.2O3S/c35-28-26-17-16-25(30-29(36)20-7-3-1-4-8-20)19-21(26)11-18-27(28)34-33-24-14-12-23(13-15-24)32-31-22-9-5-2-6-10-22;2*1-4(2)3/h1-19,35H,(H,30,36);;. The number of carbonyl (C=O) groups is 1. The summed E-state index contributed by atoms with van der Waals surface area (Å²) in [6.07, 6.45) is 0. The second-order valence-corrected chi connectivity index (χ2v) is 9.17. The number of rotatable bonds is 6. The van der Waals surface area contributed by atoms with E-state index in [1.165, 1.54) is 0 Å². The Hall–Kier alpha value is -5.93. The third-order valence-corrected chi connectivity index (χ3v) is 5.42. The van der Waals surface area contributed by atoms with Crippen molar-refractivity contribution in [1.29, 1.82) is 0 Å². The Kier molecular flexibility index (Phi) is 12.2. The van der Waals surface area contributed by atoms with E-state index in [1.807, 2.05) is 54.6 Å². The molecule has 13 nitrogen and oxygen atoms in total. The lowest BCUT2D eigenvalue weighted by atomic mass is 10.1. The number of phenolic OH excluding ortho intramolecular Hbond substituents is 1. The topological polar surface area (TPSA) is 201 Å². The zero-order valence-electron chi connectivity index (χ0n) is 22.4. The van der Waals surface area contributed by atoms with Crippen LogP contribution in [0.3, 0.4) is 0 Å². The summed E-state index contributed by atoms with van der Waals surface area (Å²) in [6, 6.07) is 34.5. The van der Waals surface area contributed by atoms with Crippen LogP contribution in [-0.4, -0.2) is 36.3 Å². The van der Waals surface area contributed by atoms with Crippen molar-refractivity contribution < 1.29 is 35.2 Å². The van der Waals surface area contributed by atoms with Crippen LogP contribution in [0, 0.1) is 0 Å². The van der Waals surface area contributed by atoms with Crippen LogP contribution in [0.25, 0.3) is 10.8 Å². The molecule has 0 bridgehead atoms. The van der Waals surface area contributed by atoms with E-state index in [9.17, 15) is 9.90 Å². The molecule has 0 aliphatic rings. The first kappa shape index (κ1) is 32.6. The maximum absolute atomic E-state index is 12.4. The minimum Gasteiger partial charge on any atom is -0.505 e. The van der Waals surface area contributed by atoms with Crippen LogP contribution in [0.4, 0.5) is 28.4 Å². The molecule has 0 saturated carbocycles. The van der Waals surface area contributed by atoms with Crippen molar-refractivity contribution in [1.82, 2.24) is 0 Å². The van der Waals surface area contributed by atoms with E-state index in [1.54, 1.807) is 60.7 Å². The van der Waals surface area contributed by atoms with Gasteiger partial charge in [-0.3, -0.25) is 4.79 Å². The first-order valence-electron chi connectivity index (χ1n) is 12.3. The second kappa shape index (κ2) is 16.5. The largest absolute Gasteiger partial charge is 0.505 e. The summed E-state index contributed by atoms with van der Waals surface area (Å²) >= 11 is 0. The fourth-order valence-electron chi connectivity index (χ4n) is 3.56. The minimum atomic E-state index is -3.11. The average Bonchev–Trinajstić information content (AvgIpc) is 3.01. The number of hydrogen-bond acceptors (Lipinski definition) is 12. The van der Waals surface area contributed by atoms with Crippen LogP contribution in [0.1, 0.15) is 10.4 Å². The molecule has 2 N–H and O–H groups in total. The number of fused-ring (bicyclic) bond motifs is 1. The average molecular weight is 632 g/mol. The molecule has 0 fully saturated rings. The Balaban J connectivity index is 0.000000592. The predicted molar refractivity (Wildman–Crippen MR) is 161 cm³/mol. The highest BCUT2D eigenvalue weighted by atomic mass is 32.2. The van der Waals surface area contributed by atoms with Crippen molar-refractivity contribution in [3.05, 3.63) is 121 Å². The number of benzene rings is 5. The van der Waals surface area contributed by atoms with E-state index in [0.29, 0.717) is 33.7 Å². The van der Waals surface area contributed by atoms with Gasteiger partial charge in [0.15, 0.2) is 5.75 Å². The molecule has 0 aromatic heterocycles. The minimum absolute atomic E-state index is 0.0190. The molecule has 5 aromatic carbocycles. The maximum atomic E-state index is 12.4. The van der Waals surface area contributed by atoms with Crippen LogP contribution in [0.5, 0.6) is 5.75 Å². The van der Waals surface area contributed by atoms with E-state index in [-0.39, 0.29) is 11.7 Å². The molecule has 0 heterocycles. The molecule has 0 aliphatic heterocycles. The van der Waals surface area contributed by atoms with Gasteiger partial charge in [-0.2, -0.15) is 15.3 Å². The highest BCUT2D eigenvalue weighted by Crippen LogP contribution is 2.37. The molecule has 0 atom stereocenters. The molecule has 1 amide bonds. The third-order valence-electron chi connectivity index (χ3n) is 5.42. The molecule has 222 valence electrons. The van der Waals surface area contributed by atoms with Gasteiger partial charge in [0.25, 0.3) is 5.91 Å². The first-order valence-corrected chi connectivity index (χ1v) is 14.3. The lowest BCUT2D eigenvalue weighted by Gasteiger charge is -2.08. The smallest absolute Gasteiger partial charge is 0.425 e. The highest BCUT2D eigenvalue weighted by molar-refractivity contribution is 7.59. The number of aromatic hydroxyl groups is 1. The lowest BCUT2D eigenvalue weighted by Crippen LogP contribution is -2.11. The second-order valence-electron chi connectivity index (χ2n) is 8.35. The molecule has 0 saturated heterocycles. The van der Waals surface area contributed by atoms with Crippen molar-refractivity contribution in [3.63, 3.8) is 0 Å². The molecule has 0 aliphatic carbocycles. The molecule has 5 rings (SSSR count). The predicted octanol–water partition coefficient (Wildman–Crippen LogP) is 6.62. The van der Waals surface area contributed by atoms with E-state index in [2.05, 4.69) is 25.8 Å². The summed E-state index contributed by atoms with van der Waals surface area (Å²) in [4.78, 5) is 12.4. The number of nitrogens with one attached hydrogen (secondary N) is 1. The molecule has 0 unspecified atom stereocenters. The van der Waals surface area contributed by atoms with Gasteiger partial charge in [0.2, 0.25) is 0 Å². The first-order chi connectivity index (χ1) is 21.1. The van der Waals surface area contributed by atoms with E-state index < -0.39 is 21.2 Å². The van der Waals surface area contributed by atoms with Gasteiger partial charge in [-0.1, -0.05) is 42.5 Å². The molecular formula is C29H21N5O8S2.